The van der Waals surface area contributed by atoms with Crippen LogP contribution in [-0.4, -0.2) is 15.0 Å². The van der Waals surface area contributed by atoms with E-state index >= 15 is 0 Å². The molecule has 2 rings (SSSR count). The summed E-state index contributed by atoms with van der Waals surface area (Å²) in [6.07, 6.45) is 0. The number of anilines is 1. The molecule has 3 nitrogen and oxygen atoms in total. The minimum Gasteiger partial charge on any atom is -0.261 e. The van der Waals surface area contributed by atoms with E-state index in [1.54, 1.807) is 55.5 Å². The molecule has 0 fully saturated rings. The Labute approximate surface area is 136 Å². The molecule has 0 atom stereocenters. The highest BCUT2D eigenvalue weighted by molar-refractivity contribution is 7.92. The summed E-state index contributed by atoms with van der Waals surface area (Å²) in [4.78, 5) is 0.235. The number of hydrogen-bond acceptors (Lipinski definition) is 2. The fourth-order valence-electron chi connectivity index (χ4n) is 2.04. The van der Waals surface area contributed by atoms with E-state index in [2.05, 4.69) is 6.58 Å². The number of para-hydroxylation sites is 1. The number of sulfonamides is 1. The minimum atomic E-state index is -3.70. The molecule has 0 saturated heterocycles. The largest absolute Gasteiger partial charge is 0.264 e. The molecule has 0 saturated carbocycles. The van der Waals surface area contributed by atoms with E-state index in [9.17, 15) is 8.42 Å². The van der Waals surface area contributed by atoms with E-state index in [0.29, 0.717) is 10.7 Å². The average Bonchev–Trinajstić information content (AvgIpc) is 2.46. The quantitative estimate of drug-likeness (QED) is 0.758. The van der Waals surface area contributed by atoms with Crippen molar-refractivity contribution >= 4 is 27.3 Å². The first kappa shape index (κ1) is 16.6. The second kappa shape index (κ2) is 6.55. The number of hydrogen-bond donors (Lipinski definition) is 0. The molecule has 116 valence electrons. The predicted octanol–water partition coefficient (Wildman–Crippen LogP) is 4.42. The van der Waals surface area contributed by atoms with E-state index < -0.39 is 10.0 Å². The molecule has 2 aromatic carbocycles. The molecule has 0 unspecified atom stereocenters. The van der Waals surface area contributed by atoms with Crippen LogP contribution in [0.2, 0.25) is 5.02 Å². The van der Waals surface area contributed by atoms with Gasteiger partial charge in [0.25, 0.3) is 10.0 Å². The second-order valence-electron chi connectivity index (χ2n) is 5.23. The molecular weight excluding hydrogens is 318 g/mol. The molecule has 22 heavy (non-hydrogen) atoms. The molecule has 0 spiro atoms. The van der Waals surface area contributed by atoms with Crippen molar-refractivity contribution in [2.45, 2.75) is 18.7 Å². The van der Waals surface area contributed by atoms with Gasteiger partial charge in [0, 0.05) is 0 Å². The number of nitrogens with zero attached hydrogens (tertiary/aromatic N) is 1. The van der Waals surface area contributed by atoms with Crippen molar-refractivity contribution < 1.29 is 8.42 Å². The van der Waals surface area contributed by atoms with Gasteiger partial charge in [-0.2, -0.15) is 0 Å². The maximum absolute atomic E-state index is 13.0. The van der Waals surface area contributed by atoms with Crippen molar-refractivity contribution in [3.05, 3.63) is 71.3 Å². The second-order valence-corrected chi connectivity index (χ2v) is 7.50. The lowest BCUT2D eigenvalue weighted by Crippen LogP contribution is -2.32. The Kier molecular flexibility index (Phi) is 4.94. The first-order chi connectivity index (χ1) is 10.3. The highest BCUT2D eigenvalue weighted by atomic mass is 35.5. The summed E-state index contributed by atoms with van der Waals surface area (Å²) >= 11 is 6.19. The van der Waals surface area contributed by atoms with E-state index in [1.807, 2.05) is 6.92 Å². The normalized spacial score (nSPS) is 11.2. The van der Waals surface area contributed by atoms with Gasteiger partial charge in [0.05, 0.1) is 22.2 Å². The van der Waals surface area contributed by atoms with Crippen LogP contribution in [0.25, 0.3) is 0 Å². The van der Waals surface area contributed by atoms with Gasteiger partial charge in [-0.1, -0.05) is 53.6 Å². The molecule has 0 amide bonds. The van der Waals surface area contributed by atoms with Crippen molar-refractivity contribution in [2.75, 3.05) is 10.8 Å². The molecule has 0 aromatic heterocycles. The average molecular weight is 336 g/mol. The van der Waals surface area contributed by atoms with Crippen LogP contribution in [0.5, 0.6) is 0 Å². The van der Waals surface area contributed by atoms with Gasteiger partial charge < -0.3 is 0 Å². The van der Waals surface area contributed by atoms with E-state index in [4.69, 9.17) is 11.6 Å². The molecule has 0 radical (unpaired) electrons. The summed E-state index contributed by atoms with van der Waals surface area (Å²) in [6, 6.07) is 13.7. The van der Waals surface area contributed by atoms with Gasteiger partial charge in [0.2, 0.25) is 0 Å². The van der Waals surface area contributed by atoms with Gasteiger partial charge in [0.15, 0.2) is 0 Å². The molecule has 0 aliphatic heterocycles. The van der Waals surface area contributed by atoms with Crippen molar-refractivity contribution in [3.63, 3.8) is 0 Å². The predicted molar refractivity (Wildman–Crippen MR) is 92.0 cm³/mol. The number of aryl methyl sites for hydroxylation is 1. The van der Waals surface area contributed by atoms with Crippen LogP contribution in [0.15, 0.2) is 65.6 Å². The Morgan fingerprint density at radius 1 is 1.14 bits per heavy atom. The summed E-state index contributed by atoms with van der Waals surface area (Å²) in [6.45, 7) is 7.70. The Morgan fingerprint density at radius 2 is 1.73 bits per heavy atom. The Hall–Kier alpha value is -1.78. The Balaban J connectivity index is 2.56. The number of halogens is 1. The lowest BCUT2D eigenvalue weighted by Gasteiger charge is -2.25. The summed E-state index contributed by atoms with van der Waals surface area (Å²) in [5.41, 5.74) is 2.19. The maximum Gasteiger partial charge on any atom is 0.264 e. The number of rotatable bonds is 5. The van der Waals surface area contributed by atoms with E-state index in [-0.39, 0.29) is 11.4 Å². The van der Waals surface area contributed by atoms with Crippen LogP contribution >= 0.6 is 11.6 Å². The van der Waals surface area contributed by atoms with Gasteiger partial charge in [-0.3, -0.25) is 4.31 Å². The van der Waals surface area contributed by atoms with Crippen LogP contribution in [-0.2, 0) is 10.0 Å². The highest BCUT2D eigenvalue weighted by Crippen LogP contribution is 2.30. The van der Waals surface area contributed by atoms with Gasteiger partial charge in [-0.05, 0) is 38.1 Å². The van der Waals surface area contributed by atoms with Crippen molar-refractivity contribution in [3.8, 4) is 0 Å². The summed E-state index contributed by atoms with van der Waals surface area (Å²) in [5.74, 6) is 0. The van der Waals surface area contributed by atoms with E-state index in [0.717, 1.165) is 11.1 Å². The van der Waals surface area contributed by atoms with Crippen LogP contribution in [0.3, 0.4) is 0 Å². The monoisotopic (exact) mass is 335 g/mol. The van der Waals surface area contributed by atoms with Gasteiger partial charge >= 0.3 is 0 Å². The third-order valence-electron chi connectivity index (χ3n) is 3.14. The fourth-order valence-corrected chi connectivity index (χ4v) is 3.87. The zero-order valence-electron chi connectivity index (χ0n) is 12.6. The van der Waals surface area contributed by atoms with Crippen LogP contribution in [0.4, 0.5) is 5.69 Å². The smallest absolute Gasteiger partial charge is 0.261 e. The van der Waals surface area contributed by atoms with Crippen LogP contribution in [0.1, 0.15) is 12.5 Å². The van der Waals surface area contributed by atoms with Crippen LogP contribution in [0, 0.1) is 6.92 Å². The Morgan fingerprint density at radius 3 is 2.27 bits per heavy atom. The number of benzene rings is 2. The highest BCUT2D eigenvalue weighted by Gasteiger charge is 2.26. The van der Waals surface area contributed by atoms with Gasteiger partial charge in [-0.25, -0.2) is 8.42 Å². The first-order valence-corrected chi connectivity index (χ1v) is 8.62. The summed E-state index contributed by atoms with van der Waals surface area (Å²) < 4.78 is 27.2. The van der Waals surface area contributed by atoms with E-state index in [1.165, 1.54) is 4.31 Å². The van der Waals surface area contributed by atoms with Crippen molar-refractivity contribution in [1.82, 2.24) is 0 Å². The zero-order valence-corrected chi connectivity index (χ0v) is 14.2. The minimum absolute atomic E-state index is 0.180. The first-order valence-electron chi connectivity index (χ1n) is 6.80. The van der Waals surface area contributed by atoms with Crippen molar-refractivity contribution in [1.29, 1.82) is 0 Å². The zero-order chi connectivity index (χ0) is 16.3. The SMILES string of the molecule is C=C(C)CN(c1ccccc1Cl)S(=O)(=O)c1ccc(C)cc1. The summed E-state index contributed by atoms with van der Waals surface area (Å²) in [7, 11) is -3.70. The topological polar surface area (TPSA) is 37.4 Å². The Bertz CT molecular complexity index is 783. The molecular formula is C17H18ClNO2S. The lowest BCUT2D eigenvalue weighted by molar-refractivity contribution is 0.592. The molecule has 0 bridgehead atoms. The fraction of sp³-hybridized carbons (Fsp3) is 0.176. The van der Waals surface area contributed by atoms with Gasteiger partial charge in [0.1, 0.15) is 0 Å². The lowest BCUT2D eigenvalue weighted by atomic mass is 10.2. The molecule has 0 aliphatic carbocycles. The molecule has 5 heteroatoms. The van der Waals surface area contributed by atoms with Gasteiger partial charge in [-0.15, -0.1) is 0 Å². The molecule has 2 aromatic rings. The summed E-state index contributed by atoms with van der Waals surface area (Å²) in [5, 5.41) is 0.388. The molecule has 0 heterocycles. The maximum atomic E-state index is 13.0. The van der Waals surface area contributed by atoms with Crippen LogP contribution < -0.4 is 4.31 Å². The molecule has 0 aliphatic rings. The third-order valence-corrected chi connectivity index (χ3v) is 5.24. The standard InChI is InChI=1S/C17H18ClNO2S/c1-13(2)12-19(17-7-5-4-6-16(17)18)22(20,21)15-10-8-14(3)9-11-15/h4-11H,1,12H2,2-3H3. The third kappa shape index (κ3) is 3.51. The molecule has 0 N–H and O–H groups in total. The van der Waals surface area contributed by atoms with Crippen molar-refractivity contribution in [2.24, 2.45) is 0 Å².